The zero-order chi connectivity index (χ0) is 12.8. The van der Waals surface area contributed by atoms with E-state index in [0.29, 0.717) is 0 Å². The number of amides is 1. The Balaban J connectivity index is 1.79. The molecule has 1 amide bonds. The maximum absolute atomic E-state index is 11.6. The molecular formula is C13H15N3O2. The second-order valence-electron chi connectivity index (χ2n) is 3.93. The standard InChI is InChI=1S/C13H15N3O2/c1-10(12-7-14-9-15-12)16-13(17)18-8-11-5-3-2-4-6-11/h2-7,9-10H,8H2,1H3,(H,14,15)(H,16,17)/t10-/m0/s1. The number of benzene rings is 1. The predicted octanol–water partition coefficient (Wildman–Crippen LogP) is 2.40. The van der Waals surface area contributed by atoms with Gasteiger partial charge in [0, 0.05) is 0 Å². The van der Waals surface area contributed by atoms with Crippen LogP contribution in [0.25, 0.3) is 0 Å². The predicted molar refractivity (Wildman–Crippen MR) is 66.8 cm³/mol. The van der Waals surface area contributed by atoms with Gasteiger partial charge in [0.1, 0.15) is 6.61 Å². The summed E-state index contributed by atoms with van der Waals surface area (Å²) in [6, 6.07) is 9.39. The number of ether oxygens (including phenoxy) is 1. The number of imidazole rings is 1. The summed E-state index contributed by atoms with van der Waals surface area (Å²) in [6.45, 7) is 2.12. The normalized spacial score (nSPS) is 11.8. The Labute approximate surface area is 105 Å². The molecule has 0 radical (unpaired) electrons. The van der Waals surface area contributed by atoms with Gasteiger partial charge >= 0.3 is 6.09 Å². The number of hydrogen-bond acceptors (Lipinski definition) is 3. The third-order valence-electron chi connectivity index (χ3n) is 2.53. The summed E-state index contributed by atoms with van der Waals surface area (Å²) in [5.74, 6) is 0. The van der Waals surface area contributed by atoms with Crippen LogP contribution in [0.3, 0.4) is 0 Å². The van der Waals surface area contributed by atoms with Crippen molar-refractivity contribution in [3.05, 3.63) is 54.1 Å². The van der Waals surface area contributed by atoms with Crippen molar-refractivity contribution in [3.63, 3.8) is 0 Å². The first-order chi connectivity index (χ1) is 8.75. The molecule has 0 fully saturated rings. The molecule has 1 heterocycles. The summed E-state index contributed by atoms with van der Waals surface area (Å²) in [6.07, 6.45) is 2.80. The molecule has 2 rings (SSSR count). The highest BCUT2D eigenvalue weighted by atomic mass is 16.5. The van der Waals surface area contributed by atoms with E-state index < -0.39 is 6.09 Å². The Morgan fingerprint density at radius 3 is 2.89 bits per heavy atom. The van der Waals surface area contributed by atoms with Crippen molar-refractivity contribution in [3.8, 4) is 0 Å². The van der Waals surface area contributed by atoms with Gasteiger partial charge in [-0.3, -0.25) is 0 Å². The van der Waals surface area contributed by atoms with Gasteiger partial charge in [0.05, 0.1) is 24.3 Å². The van der Waals surface area contributed by atoms with E-state index in [2.05, 4.69) is 15.3 Å². The van der Waals surface area contributed by atoms with Crippen LogP contribution in [0.4, 0.5) is 4.79 Å². The zero-order valence-electron chi connectivity index (χ0n) is 10.1. The molecule has 0 spiro atoms. The van der Waals surface area contributed by atoms with Crippen LogP contribution in [0.2, 0.25) is 0 Å². The molecule has 2 aromatic rings. The molecule has 1 atom stereocenters. The molecule has 0 saturated carbocycles. The van der Waals surface area contributed by atoms with E-state index in [1.807, 2.05) is 37.3 Å². The lowest BCUT2D eigenvalue weighted by Gasteiger charge is -2.12. The van der Waals surface area contributed by atoms with Crippen molar-refractivity contribution in [2.24, 2.45) is 0 Å². The first-order valence-electron chi connectivity index (χ1n) is 5.71. The highest BCUT2D eigenvalue weighted by Crippen LogP contribution is 2.07. The molecule has 0 aliphatic carbocycles. The molecule has 18 heavy (non-hydrogen) atoms. The van der Waals surface area contributed by atoms with E-state index in [1.54, 1.807) is 12.5 Å². The van der Waals surface area contributed by atoms with Gasteiger partial charge in [-0.1, -0.05) is 30.3 Å². The van der Waals surface area contributed by atoms with Crippen molar-refractivity contribution < 1.29 is 9.53 Å². The first-order valence-corrected chi connectivity index (χ1v) is 5.71. The smallest absolute Gasteiger partial charge is 0.407 e. The van der Waals surface area contributed by atoms with E-state index in [1.165, 1.54) is 0 Å². The maximum atomic E-state index is 11.6. The number of aromatic nitrogens is 2. The summed E-state index contributed by atoms with van der Waals surface area (Å²) < 4.78 is 5.11. The van der Waals surface area contributed by atoms with Crippen molar-refractivity contribution >= 4 is 6.09 Å². The molecule has 94 valence electrons. The minimum Gasteiger partial charge on any atom is -0.445 e. The fraction of sp³-hybridized carbons (Fsp3) is 0.231. The van der Waals surface area contributed by atoms with Gasteiger partial charge in [-0.15, -0.1) is 0 Å². The van der Waals surface area contributed by atoms with Gasteiger partial charge in [-0.05, 0) is 12.5 Å². The van der Waals surface area contributed by atoms with Crippen LogP contribution in [-0.2, 0) is 11.3 Å². The van der Waals surface area contributed by atoms with Crippen molar-refractivity contribution in [1.82, 2.24) is 15.3 Å². The lowest BCUT2D eigenvalue weighted by Crippen LogP contribution is -2.27. The molecular weight excluding hydrogens is 230 g/mol. The summed E-state index contributed by atoms with van der Waals surface area (Å²) in [4.78, 5) is 18.4. The van der Waals surface area contributed by atoms with Crippen molar-refractivity contribution in [2.45, 2.75) is 19.6 Å². The molecule has 1 aromatic carbocycles. The molecule has 5 nitrogen and oxygen atoms in total. The lowest BCUT2D eigenvalue weighted by molar-refractivity contribution is 0.136. The molecule has 0 bridgehead atoms. The second-order valence-corrected chi connectivity index (χ2v) is 3.93. The van der Waals surface area contributed by atoms with E-state index in [0.717, 1.165) is 11.3 Å². The lowest BCUT2D eigenvalue weighted by atomic mass is 10.2. The van der Waals surface area contributed by atoms with Crippen molar-refractivity contribution in [1.29, 1.82) is 0 Å². The monoisotopic (exact) mass is 245 g/mol. The second kappa shape index (κ2) is 5.86. The van der Waals surface area contributed by atoms with E-state index in [9.17, 15) is 4.79 Å². The number of carbonyl (C=O) groups excluding carboxylic acids is 1. The number of hydrogen-bond donors (Lipinski definition) is 2. The Morgan fingerprint density at radius 1 is 1.44 bits per heavy atom. The number of carbonyl (C=O) groups is 1. The van der Waals surface area contributed by atoms with E-state index >= 15 is 0 Å². The number of nitrogens with zero attached hydrogens (tertiary/aromatic N) is 1. The molecule has 2 N–H and O–H groups in total. The van der Waals surface area contributed by atoms with E-state index in [4.69, 9.17) is 4.74 Å². The summed E-state index contributed by atoms with van der Waals surface area (Å²) in [7, 11) is 0. The fourth-order valence-electron chi connectivity index (χ4n) is 1.52. The van der Waals surface area contributed by atoms with Gasteiger partial charge < -0.3 is 15.0 Å². The summed E-state index contributed by atoms with van der Waals surface area (Å²) >= 11 is 0. The van der Waals surface area contributed by atoms with E-state index in [-0.39, 0.29) is 12.6 Å². The van der Waals surface area contributed by atoms with Gasteiger partial charge in [0.2, 0.25) is 0 Å². The van der Waals surface area contributed by atoms with Gasteiger partial charge in [-0.2, -0.15) is 0 Å². The minimum absolute atomic E-state index is 0.157. The zero-order valence-corrected chi connectivity index (χ0v) is 10.1. The van der Waals surface area contributed by atoms with Gasteiger partial charge in [0.25, 0.3) is 0 Å². The van der Waals surface area contributed by atoms with Gasteiger partial charge in [-0.25, -0.2) is 9.78 Å². The third kappa shape index (κ3) is 3.35. The highest BCUT2D eigenvalue weighted by Gasteiger charge is 2.11. The molecule has 0 saturated heterocycles. The third-order valence-corrected chi connectivity index (χ3v) is 2.53. The number of alkyl carbamates (subject to hydrolysis) is 1. The Kier molecular flexibility index (Phi) is 3.96. The molecule has 5 heteroatoms. The van der Waals surface area contributed by atoms with Crippen LogP contribution < -0.4 is 5.32 Å². The fourth-order valence-corrected chi connectivity index (χ4v) is 1.52. The largest absolute Gasteiger partial charge is 0.445 e. The van der Waals surface area contributed by atoms with Crippen LogP contribution in [-0.4, -0.2) is 16.1 Å². The molecule has 0 aliphatic heterocycles. The van der Waals surface area contributed by atoms with Crippen LogP contribution in [0.5, 0.6) is 0 Å². The molecule has 1 aromatic heterocycles. The van der Waals surface area contributed by atoms with Crippen LogP contribution in [0.15, 0.2) is 42.9 Å². The molecule has 0 unspecified atom stereocenters. The number of rotatable bonds is 4. The first kappa shape index (κ1) is 12.2. The Hall–Kier alpha value is -2.30. The number of aromatic amines is 1. The minimum atomic E-state index is -0.444. The number of H-pyrrole nitrogens is 1. The van der Waals surface area contributed by atoms with Crippen LogP contribution >= 0.6 is 0 Å². The number of nitrogens with one attached hydrogen (secondary N) is 2. The summed E-state index contributed by atoms with van der Waals surface area (Å²) in [5.41, 5.74) is 1.80. The SMILES string of the molecule is C[C@H](NC(=O)OCc1ccccc1)c1cnc[nH]1. The molecule has 0 aliphatic rings. The van der Waals surface area contributed by atoms with Crippen molar-refractivity contribution in [2.75, 3.05) is 0 Å². The maximum Gasteiger partial charge on any atom is 0.407 e. The van der Waals surface area contributed by atoms with Crippen LogP contribution in [0.1, 0.15) is 24.2 Å². The summed E-state index contributed by atoms with van der Waals surface area (Å²) in [5, 5.41) is 2.72. The average molecular weight is 245 g/mol. The quantitative estimate of drug-likeness (QED) is 0.869. The Morgan fingerprint density at radius 2 is 2.22 bits per heavy atom. The average Bonchev–Trinajstić information content (AvgIpc) is 2.91. The van der Waals surface area contributed by atoms with Crippen LogP contribution in [0, 0.1) is 0 Å². The highest BCUT2D eigenvalue weighted by molar-refractivity contribution is 5.67. The van der Waals surface area contributed by atoms with Gasteiger partial charge in [0.15, 0.2) is 0 Å². The Bertz CT molecular complexity index is 482. The topological polar surface area (TPSA) is 67.0 Å².